The van der Waals surface area contributed by atoms with E-state index in [1.54, 1.807) is 19.2 Å². The van der Waals surface area contributed by atoms with Crippen molar-refractivity contribution < 1.29 is 29.5 Å². The summed E-state index contributed by atoms with van der Waals surface area (Å²) >= 11 is 0. The number of hydrogen-bond acceptors (Lipinski definition) is 9. The van der Waals surface area contributed by atoms with Crippen LogP contribution in [0.2, 0.25) is 0 Å². The number of nitrogens with two attached hydrogens (primary N) is 2. The number of aliphatic hydroxyl groups excluding tert-OH is 1. The Labute approximate surface area is 237 Å². The van der Waals surface area contributed by atoms with Crippen molar-refractivity contribution in [3.05, 3.63) is 23.8 Å². The third-order valence-electron chi connectivity index (χ3n) is 4.91. The molecule has 5 amide bonds. The fraction of sp³-hybridized carbons (Fsp3) is 0.615. The molecule has 0 spiro atoms. The number of urea groups is 1. The maximum Gasteiger partial charge on any atom is 0.312 e. The first-order valence-electron chi connectivity index (χ1n) is 13.4. The summed E-state index contributed by atoms with van der Waals surface area (Å²) < 4.78 is 0. The number of carbonyl (C=O) groups is 4. The van der Waals surface area contributed by atoms with Gasteiger partial charge in [-0.25, -0.2) is 4.79 Å². The number of primary amides is 1. The van der Waals surface area contributed by atoms with Gasteiger partial charge in [0.15, 0.2) is 0 Å². The Morgan fingerprint density at radius 2 is 1.68 bits per heavy atom. The second-order valence-corrected chi connectivity index (χ2v) is 9.12. The molecule has 0 radical (unpaired) electrons. The highest BCUT2D eigenvalue weighted by atomic mass is 16.5. The van der Waals surface area contributed by atoms with Gasteiger partial charge in [-0.15, -0.1) is 0 Å². The fourth-order valence-electron chi connectivity index (χ4n) is 2.95. The molecule has 1 rings (SSSR count). The van der Waals surface area contributed by atoms with Gasteiger partial charge in [-0.2, -0.15) is 0 Å². The van der Waals surface area contributed by atoms with Crippen LogP contribution in [0.25, 0.3) is 0 Å². The van der Waals surface area contributed by atoms with Gasteiger partial charge in [0, 0.05) is 17.8 Å². The van der Waals surface area contributed by atoms with Crippen molar-refractivity contribution in [3.8, 4) is 0 Å². The Morgan fingerprint density at radius 3 is 2.10 bits per heavy atom. The molecule has 12 N–H and O–H groups in total. The van der Waals surface area contributed by atoms with Crippen LogP contribution in [0.15, 0.2) is 18.2 Å². The maximum atomic E-state index is 12.4. The van der Waals surface area contributed by atoms with Crippen LogP contribution >= 0.6 is 0 Å². The first-order valence-corrected chi connectivity index (χ1v) is 13.4. The highest BCUT2D eigenvalue weighted by Crippen LogP contribution is 2.20. The maximum absolute atomic E-state index is 12.4. The molecule has 1 aromatic carbocycles. The second-order valence-electron chi connectivity index (χ2n) is 9.12. The summed E-state index contributed by atoms with van der Waals surface area (Å²) in [6.45, 7) is 9.02. The lowest BCUT2D eigenvalue weighted by molar-refractivity contribution is -0.129. The number of anilines is 2. The van der Waals surface area contributed by atoms with Gasteiger partial charge in [0.25, 0.3) is 0 Å². The Bertz CT molecular complexity index is 868. The molecule has 0 saturated carbocycles. The molecule has 14 nitrogen and oxygen atoms in total. The van der Waals surface area contributed by atoms with Gasteiger partial charge in [0.1, 0.15) is 6.04 Å². The van der Waals surface area contributed by atoms with E-state index in [0.29, 0.717) is 24.2 Å². The summed E-state index contributed by atoms with van der Waals surface area (Å²) in [5.74, 6) is -1.05. The van der Waals surface area contributed by atoms with E-state index in [9.17, 15) is 19.2 Å². The summed E-state index contributed by atoms with van der Waals surface area (Å²) in [6.07, 6.45) is 3.76. The van der Waals surface area contributed by atoms with Crippen LogP contribution in [0.5, 0.6) is 0 Å². The first kappa shape index (κ1) is 38.7. The van der Waals surface area contributed by atoms with Gasteiger partial charge in [-0.1, -0.05) is 40.2 Å². The van der Waals surface area contributed by atoms with Crippen LogP contribution in [-0.4, -0.2) is 73.3 Å². The molecule has 1 unspecified atom stereocenters. The standard InChI is InChI=1S/C18H29N5O5.C4H10N2O.C4H11N/c1-11(2)6-15(22-16(25)8-19-3)18(27)20-9-17(26)21-13-5-4-12(10-24)14(7-13)23-28;1-2-3-6-4(5)7;1-2-3-4-5/h4-5,7,11,15,19,23-24,28H,6,8-10H2,1-3H3,(H,20,27)(H,21,26)(H,22,25);2-3H2,1H3,(H3,5,6,7);2-5H2,1H3. The summed E-state index contributed by atoms with van der Waals surface area (Å²) in [5.41, 5.74) is 12.9. The normalized spacial score (nSPS) is 10.6. The molecule has 0 aliphatic rings. The fourth-order valence-corrected chi connectivity index (χ4v) is 2.95. The van der Waals surface area contributed by atoms with Crippen molar-refractivity contribution in [3.63, 3.8) is 0 Å². The molecule has 40 heavy (non-hydrogen) atoms. The van der Waals surface area contributed by atoms with E-state index in [-0.39, 0.29) is 37.2 Å². The van der Waals surface area contributed by atoms with Crippen LogP contribution in [-0.2, 0) is 21.0 Å². The number of unbranched alkanes of at least 4 members (excludes halogenated alkanes) is 1. The van der Waals surface area contributed by atoms with Gasteiger partial charge in [-0.3, -0.25) is 25.1 Å². The summed E-state index contributed by atoms with van der Waals surface area (Å²) in [5, 5.41) is 31.1. The number of amides is 5. The molecule has 0 fully saturated rings. The number of aliphatic hydroxyl groups is 1. The summed E-state index contributed by atoms with van der Waals surface area (Å²) in [7, 11) is 1.63. The van der Waals surface area contributed by atoms with Gasteiger partial charge in [0.2, 0.25) is 17.7 Å². The Hall–Kier alpha value is -3.46. The van der Waals surface area contributed by atoms with Crippen LogP contribution in [0, 0.1) is 5.92 Å². The molecule has 14 heteroatoms. The molecule has 230 valence electrons. The zero-order valence-electron chi connectivity index (χ0n) is 24.4. The monoisotopic (exact) mass is 570 g/mol. The first-order chi connectivity index (χ1) is 19.0. The SMILES string of the molecule is CCCCN.CCCNC(N)=O.CNCC(=O)NC(CC(C)C)C(=O)NCC(=O)Nc1ccc(CO)c(NO)c1. The van der Waals surface area contributed by atoms with Crippen LogP contribution in [0.4, 0.5) is 16.2 Å². The van der Waals surface area contributed by atoms with Crippen molar-refractivity contribution in [2.75, 3.05) is 44.0 Å². The van der Waals surface area contributed by atoms with Gasteiger partial charge in [-0.05, 0) is 50.9 Å². The summed E-state index contributed by atoms with van der Waals surface area (Å²) in [4.78, 5) is 46.1. The molecular weight excluding hydrogens is 520 g/mol. The van der Waals surface area contributed by atoms with Gasteiger partial charge >= 0.3 is 6.03 Å². The minimum atomic E-state index is -0.734. The summed E-state index contributed by atoms with van der Waals surface area (Å²) in [6, 6.07) is 3.38. The Kier molecular flexibility index (Phi) is 23.8. The van der Waals surface area contributed by atoms with Crippen molar-refractivity contribution in [1.82, 2.24) is 21.3 Å². The number of hydrogen-bond donors (Lipinski definition) is 10. The van der Waals surface area contributed by atoms with E-state index in [4.69, 9.17) is 21.8 Å². The van der Waals surface area contributed by atoms with E-state index < -0.39 is 23.9 Å². The van der Waals surface area contributed by atoms with Crippen LogP contribution in [0.1, 0.15) is 58.9 Å². The predicted octanol–water partition coefficient (Wildman–Crippen LogP) is 0.595. The number of carbonyl (C=O) groups excluding carboxylic acids is 4. The van der Waals surface area contributed by atoms with E-state index in [0.717, 1.165) is 13.0 Å². The van der Waals surface area contributed by atoms with E-state index in [1.807, 2.05) is 26.3 Å². The van der Waals surface area contributed by atoms with Crippen molar-refractivity contribution in [2.24, 2.45) is 17.4 Å². The topological polar surface area (TPSA) is 233 Å². The average Bonchev–Trinajstić information content (AvgIpc) is 2.91. The number of nitrogens with one attached hydrogen (secondary N) is 6. The van der Waals surface area contributed by atoms with Crippen molar-refractivity contribution in [1.29, 1.82) is 0 Å². The molecule has 0 aliphatic carbocycles. The lowest BCUT2D eigenvalue weighted by Crippen LogP contribution is -2.50. The van der Waals surface area contributed by atoms with Crippen molar-refractivity contribution >= 4 is 35.1 Å². The molecule has 1 atom stereocenters. The van der Waals surface area contributed by atoms with E-state index in [1.165, 1.54) is 18.9 Å². The molecule has 0 heterocycles. The Morgan fingerprint density at radius 1 is 1.00 bits per heavy atom. The Balaban J connectivity index is 0. The second kappa shape index (κ2) is 24.6. The molecule has 0 bridgehead atoms. The van der Waals surface area contributed by atoms with E-state index in [2.05, 4.69) is 33.5 Å². The minimum Gasteiger partial charge on any atom is -0.392 e. The van der Waals surface area contributed by atoms with Crippen LogP contribution in [0.3, 0.4) is 0 Å². The molecule has 1 aromatic rings. The number of likely N-dealkylation sites (N-methyl/N-ethyl adjacent to an activating group) is 1. The molecule has 0 saturated heterocycles. The number of rotatable bonds is 15. The largest absolute Gasteiger partial charge is 0.392 e. The lowest BCUT2D eigenvalue weighted by atomic mass is 10.0. The third-order valence-corrected chi connectivity index (χ3v) is 4.91. The average molecular weight is 571 g/mol. The minimum absolute atomic E-state index is 0.0907. The molecule has 0 aromatic heterocycles. The molecule has 0 aliphatic heterocycles. The highest BCUT2D eigenvalue weighted by molar-refractivity contribution is 5.96. The lowest BCUT2D eigenvalue weighted by Gasteiger charge is -2.20. The predicted molar refractivity (Wildman–Crippen MR) is 157 cm³/mol. The highest BCUT2D eigenvalue weighted by Gasteiger charge is 2.22. The smallest absolute Gasteiger partial charge is 0.312 e. The zero-order valence-corrected chi connectivity index (χ0v) is 24.4. The number of benzene rings is 1. The zero-order chi connectivity index (χ0) is 30.9. The van der Waals surface area contributed by atoms with E-state index >= 15 is 0 Å². The third kappa shape index (κ3) is 20.5. The van der Waals surface area contributed by atoms with Gasteiger partial charge in [0.05, 0.1) is 25.4 Å². The van der Waals surface area contributed by atoms with Gasteiger partial charge < -0.3 is 43.2 Å². The van der Waals surface area contributed by atoms with Crippen LogP contribution < -0.4 is 43.5 Å². The quantitative estimate of drug-likeness (QED) is 0.133. The van der Waals surface area contributed by atoms with Crippen molar-refractivity contribution in [2.45, 2.75) is 66.0 Å². The molecular formula is C26H50N8O6.